The maximum Gasteiger partial charge on any atom is 0.408 e. The molecule has 0 aromatic heterocycles. The summed E-state index contributed by atoms with van der Waals surface area (Å²) in [5.41, 5.74) is -0.645. The zero-order valence-corrected chi connectivity index (χ0v) is 14.6. The van der Waals surface area contributed by atoms with Crippen molar-refractivity contribution in [3.8, 4) is 0 Å². The van der Waals surface area contributed by atoms with Crippen molar-refractivity contribution < 1.29 is 23.9 Å². The number of nitrogens with one attached hydrogen (secondary N) is 2. The van der Waals surface area contributed by atoms with Gasteiger partial charge in [0, 0.05) is 13.0 Å². The van der Waals surface area contributed by atoms with Crippen LogP contribution in [0.15, 0.2) is 0 Å². The highest BCUT2D eigenvalue weighted by molar-refractivity contribution is 5.85. The molecule has 0 aromatic carbocycles. The largest absolute Gasteiger partial charge is 0.450 e. The summed E-state index contributed by atoms with van der Waals surface area (Å²) in [6.45, 7) is 8.43. The molecule has 7 nitrogen and oxygen atoms in total. The van der Waals surface area contributed by atoms with Crippen LogP contribution in [0.4, 0.5) is 4.79 Å². The van der Waals surface area contributed by atoms with Gasteiger partial charge in [-0.3, -0.25) is 9.59 Å². The van der Waals surface area contributed by atoms with Crippen LogP contribution in [0.25, 0.3) is 0 Å². The molecular weight excluding hydrogens is 300 g/mol. The van der Waals surface area contributed by atoms with E-state index in [0.717, 1.165) is 19.3 Å². The summed E-state index contributed by atoms with van der Waals surface area (Å²) in [5.74, 6) is -0.940. The molecule has 0 aromatic rings. The van der Waals surface area contributed by atoms with Crippen molar-refractivity contribution in [3.05, 3.63) is 0 Å². The summed E-state index contributed by atoms with van der Waals surface area (Å²) in [6.07, 6.45) is 1.38. The minimum Gasteiger partial charge on any atom is -0.450 e. The normalized spacial score (nSPS) is 16.9. The van der Waals surface area contributed by atoms with E-state index in [4.69, 9.17) is 9.47 Å². The van der Waals surface area contributed by atoms with Crippen LogP contribution in [0, 0.1) is 0 Å². The average Bonchev–Trinajstić information content (AvgIpc) is 3.16. The molecule has 2 N–H and O–H groups in total. The lowest BCUT2D eigenvalue weighted by Crippen LogP contribution is -2.53. The summed E-state index contributed by atoms with van der Waals surface area (Å²) in [4.78, 5) is 35.7. The van der Waals surface area contributed by atoms with Crippen molar-refractivity contribution in [1.29, 1.82) is 0 Å². The van der Waals surface area contributed by atoms with Crippen LogP contribution in [0.1, 0.15) is 60.3 Å². The standard InChI is InChI=1S/C16H28N2O5/c1-6-7-12(18-15(21)23-16(3,4)5)13(22-10(2)19)14(20)17-11-8-9-11/h11-13H,6-9H2,1-5H3,(H,17,20)(H,18,21)/t12-,13?/m1/s1. The fourth-order valence-corrected chi connectivity index (χ4v) is 2.08. The zero-order chi connectivity index (χ0) is 17.6. The fraction of sp³-hybridized carbons (Fsp3) is 0.812. The molecule has 1 fully saturated rings. The highest BCUT2D eigenvalue weighted by atomic mass is 16.6. The van der Waals surface area contributed by atoms with Crippen LogP contribution < -0.4 is 10.6 Å². The Hall–Kier alpha value is -1.79. The minimum absolute atomic E-state index is 0.143. The van der Waals surface area contributed by atoms with Gasteiger partial charge >= 0.3 is 12.1 Å². The minimum atomic E-state index is -1.06. The summed E-state index contributed by atoms with van der Waals surface area (Å²) in [7, 11) is 0. The number of amides is 2. The maximum absolute atomic E-state index is 12.3. The Morgan fingerprint density at radius 1 is 1.22 bits per heavy atom. The Bertz CT molecular complexity index is 440. The Morgan fingerprint density at radius 3 is 2.26 bits per heavy atom. The van der Waals surface area contributed by atoms with E-state index in [-0.39, 0.29) is 11.9 Å². The Kier molecular flexibility index (Phi) is 6.84. The first-order chi connectivity index (χ1) is 10.6. The number of rotatable bonds is 7. The van der Waals surface area contributed by atoms with E-state index in [1.54, 1.807) is 20.8 Å². The van der Waals surface area contributed by atoms with Crippen LogP contribution in [-0.4, -0.2) is 41.8 Å². The lowest BCUT2D eigenvalue weighted by atomic mass is 10.0. The predicted molar refractivity (Wildman–Crippen MR) is 84.8 cm³/mol. The van der Waals surface area contributed by atoms with E-state index in [1.165, 1.54) is 6.92 Å². The SMILES string of the molecule is CCC[C@@H](NC(=O)OC(C)(C)C)C(OC(C)=O)C(=O)NC1CC1. The van der Waals surface area contributed by atoms with E-state index in [0.29, 0.717) is 6.42 Å². The van der Waals surface area contributed by atoms with Crippen LogP contribution in [0.5, 0.6) is 0 Å². The van der Waals surface area contributed by atoms with Crippen molar-refractivity contribution in [2.45, 2.75) is 84.1 Å². The van der Waals surface area contributed by atoms with Crippen molar-refractivity contribution in [2.75, 3.05) is 0 Å². The second-order valence-electron chi connectivity index (χ2n) is 6.85. The number of hydrogen-bond donors (Lipinski definition) is 2. The van der Waals surface area contributed by atoms with Gasteiger partial charge in [0.15, 0.2) is 6.10 Å². The molecule has 1 aliphatic rings. The number of alkyl carbamates (subject to hydrolysis) is 1. The molecule has 0 bridgehead atoms. The molecule has 0 aliphatic heterocycles. The Balaban J connectivity index is 2.78. The fourth-order valence-electron chi connectivity index (χ4n) is 2.08. The van der Waals surface area contributed by atoms with Crippen LogP contribution in [-0.2, 0) is 19.1 Å². The molecule has 23 heavy (non-hydrogen) atoms. The quantitative estimate of drug-likeness (QED) is 0.696. The van der Waals surface area contributed by atoms with Gasteiger partial charge in [-0.2, -0.15) is 0 Å². The molecule has 1 aliphatic carbocycles. The van der Waals surface area contributed by atoms with Crippen molar-refractivity contribution in [2.24, 2.45) is 0 Å². The molecule has 1 saturated carbocycles. The second-order valence-corrected chi connectivity index (χ2v) is 6.85. The number of carbonyl (C=O) groups excluding carboxylic acids is 3. The molecule has 2 amide bonds. The number of esters is 1. The molecule has 0 saturated heterocycles. The van der Waals surface area contributed by atoms with Gasteiger partial charge in [0.2, 0.25) is 0 Å². The molecule has 0 spiro atoms. The summed E-state index contributed by atoms with van der Waals surface area (Å²) in [6, 6.07) is -0.484. The smallest absolute Gasteiger partial charge is 0.408 e. The van der Waals surface area contributed by atoms with E-state index >= 15 is 0 Å². The van der Waals surface area contributed by atoms with Gasteiger partial charge in [0.25, 0.3) is 5.91 Å². The van der Waals surface area contributed by atoms with E-state index in [1.807, 2.05) is 6.92 Å². The van der Waals surface area contributed by atoms with Gasteiger partial charge in [-0.1, -0.05) is 13.3 Å². The predicted octanol–water partition coefficient (Wildman–Crippen LogP) is 1.89. The summed E-state index contributed by atoms with van der Waals surface area (Å²) < 4.78 is 10.4. The third kappa shape index (κ3) is 7.85. The molecule has 0 radical (unpaired) electrons. The van der Waals surface area contributed by atoms with Gasteiger partial charge in [0.05, 0.1) is 6.04 Å². The maximum atomic E-state index is 12.3. The number of hydrogen-bond acceptors (Lipinski definition) is 5. The van der Waals surface area contributed by atoms with E-state index in [9.17, 15) is 14.4 Å². The zero-order valence-electron chi connectivity index (χ0n) is 14.6. The number of ether oxygens (including phenoxy) is 2. The highest BCUT2D eigenvalue weighted by Crippen LogP contribution is 2.20. The first kappa shape index (κ1) is 19.3. The van der Waals surface area contributed by atoms with Gasteiger partial charge in [-0.25, -0.2) is 4.79 Å². The van der Waals surface area contributed by atoms with Crippen molar-refractivity contribution in [1.82, 2.24) is 10.6 Å². The third-order valence-electron chi connectivity index (χ3n) is 3.14. The van der Waals surface area contributed by atoms with Gasteiger partial charge < -0.3 is 20.1 Å². The molecule has 0 heterocycles. The molecule has 7 heteroatoms. The third-order valence-corrected chi connectivity index (χ3v) is 3.14. The lowest BCUT2D eigenvalue weighted by Gasteiger charge is -2.28. The van der Waals surface area contributed by atoms with E-state index in [2.05, 4.69) is 10.6 Å². The summed E-state index contributed by atoms with van der Waals surface area (Å²) >= 11 is 0. The molecule has 132 valence electrons. The van der Waals surface area contributed by atoms with Crippen molar-refractivity contribution >= 4 is 18.0 Å². The molecule has 2 atom stereocenters. The van der Waals surface area contributed by atoms with Crippen LogP contribution in [0.3, 0.4) is 0 Å². The first-order valence-electron chi connectivity index (χ1n) is 8.09. The van der Waals surface area contributed by atoms with E-state index < -0.39 is 29.8 Å². The monoisotopic (exact) mass is 328 g/mol. The molecule has 1 rings (SSSR count). The number of carbonyl (C=O) groups is 3. The van der Waals surface area contributed by atoms with Crippen LogP contribution in [0.2, 0.25) is 0 Å². The molecular formula is C16H28N2O5. The molecule has 1 unspecified atom stereocenters. The average molecular weight is 328 g/mol. The Labute approximate surface area is 137 Å². The second kappa shape index (κ2) is 8.17. The highest BCUT2D eigenvalue weighted by Gasteiger charge is 2.35. The first-order valence-corrected chi connectivity index (χ1v) is 8.09. The Morgan fingerprint density at radius 2 is 1.83 bits per heavy atom. The van der Waals surface area contributed by atoms with Gasteiger partial charge in [-0.15, -0.1) is 0 Å². The summed E-state index contributed by atoms with van der Waals surface area (Å²) in [5, 5.41) is 5.47. The van der Waals surface area contributed by atoms with Crippen molar-refractivity contribution in [3.63, 3.8) is 0 Å². The van der Waals surface area contributed by atoms with Gasteiger partial charge in [-0.05, 0) is 40.0 Å². The van der Waals surface area contributed by atoms with Crippen LogP contribution >= 0.6 is 0 Å². The lowest BCUT2D eigenvalue weighted by molar-refractivity contribution is -0.156. The topological polar surface area (TPSA) is 93.7 Å². The van der Waals surface area contributed by atoms with Gasteiger partial charge in [0.1, 0.15) is 5.60 Å².